The Balaban J connectivity index is 1.78. The van der Waals surface area contributed by atoms with Crippen molar-refractivity contribution in [2.75, 3.05) is 13.1 Å². The monoisotopic (exact) mass is 306 g/mol. The molecule has 1 saturated heterocycles. The van der Waals surface area contributed by atoms with Crippen LogP contribution in [-0.2, 0) is 6.54 Å². The van der Waals surface area contributed by atoms with Crippen LogP contribution in [0.15, 0.2) is 42.5 Å². The Labute approximate surface area is 127 Å². The first-order chi connectivity index (χ1) is 10.5. The van der Waals surface area contributed by atoms with Crippen molar-refractivity contribution in [2.45, 2.75) is 18.5 Å². The summed E-state index contributed by atoms with van der Waals surface area (Å²) in [7, 11) is 0. The summed E-state index contributed by atoms with van der Waals surface area (Å²) in [6.45, 7) is 1.83. The molecule has 2 nitrogen and oxygen atoms in total. The van der Waals surface area contributed by atoms with Crippen LogP contribution in [0.3, 0.4) is 0 Å². The molecule has 22 heavy (non-hydrogen) atoms. The zero-order valence-corrected chi connectivity index (χ0v) is 12.0. The Morgan fingerprint density at radius 3 is 2.36 bits per heavy atom. The second-order valence-corrected chi connectivity index (χ2v) is 5.74. The van der Waals surface area contributed by atoms with E-state index >= 15 is 0 Å². The number of hydrogen-bond acceptors (Lipinski definition) is 2. The highest BCUT2D eigenvalue weighted by molar-refractivity contribution is 5.27. The molecule has 116 valence electrons. The Morgan fingerprint density at radius 1 is 0.955 bits per heavy atom. The maximum atomic E-state index is 13.9. The van der Waals surface area contributed by atoms with Gasteiger partial charge in [-0.3, -0.25) is 4.90 Å². The molecular weight excluding hydrogens is 289 g/mol. The van der Waals surface area contributed by atoms with Crippen molar-refractivity contribution in [3.05, 3.63) is 71.0 Å². The van der Waals surface area contributed by atoms with Crippen molar-refractivity contribution in [3.8, 4) is 0 Å². The van der Waals surface area contributed by atoms with E-state index in [1.54, 1.807) is 0 Å². The molecule has 2 N–H and O–H groups in total. The van der Waals surface area contributed by atoms with Gasteiger partial charge in [0.25, 0.3) is 0 Å². The highest BCUT2D eigenvalue weighted by atomic mass is 19.2. The number of nitrogens with two attached hydrogens (primary N) is 1. The lowest BCUT2D eigenvalue weighted by molar-refractivity contribution is 0.323. The Kier molecular flexibility index (Phi) is 4.18. The third kappa shape index (κ3) is 3.00. The van der Waals surface area contributed by atoms with E-state index in [4.69, 9.17) is 5.73 Å². The first-order valence-corrected chi connectivity index (χ1v) is 7.21. The van der Waals surface area contributed by atoms with E-state index in [1.165, 1.54) is 0 Å². The summed E-state index contributed by atoms with van der Waals surface area (Å²) in [5.41, 5.74) is 7.38. The van der Waals surface area contributed by atoms with Crippen molar-refractivity contribution >= 4 is 0 Å². The predicted molar refractivity (Wildman–Crippen MR) is 78.8 cm³/mol. The van der Waals surface area contributed by atoms with Gasteiger partial charge in [-0.05, 0) is 17.2 Å². The van der Waals surface area contributed by atoms with E-state index < -0.39 is 17.5 Å². The van der Waals surface area contributed by atoms with Crippen LogP contribution in [0.2, 0.25) is 0 Å². The zero-order valence-electron chi connectivity index (χ0n) is 12.0. The number of nitrogens with zero attached hydrogens (tertiary/aromatic N) is 1. The molecule has 0 bridgehead atoms. The van der Waals surface area contributed by atoms with Gasteiger partial charge in [0.05, 0.1) is 0 Å². The van der Waals surface area contributed by atoms with E-state index in [0.29, 0.717) is 25.7 Å². The molecule has 0 saturated carbocycles. The molecule has 1 aliphatic rings. The normalized spacial score (nSPS) is 22.2. The van der Waals surface area contributed by atoms with Crippen molar-refractivity contribution in [2.24, 2.45) is 5.73 Å². The molecule has 2 aromatic carbocycles. The molecular formula is C17H17F3N2. The second kappa shape index (κ2) is 6.10. The van der Waals surface area contributed by atoms with Gasteiger partial charge in [0.15, 0.2) is 11.6 Å². The largest absolute Gasteiger partial charge is 0.326 e. The van der Waals surface area contributed by atoms with Gasteiger partial charge in [0, 0.05) is 37.7 Å². The molecule has 0 spiro atoms. The maximum absolute atomic E-state index is 13.9. The fraction of sp³-hybridized carbons (Fsp3) is 0.294. The van der Waals surface area contributed by atoms with E-state index in [9.17, 15) is 13.2 Å². The molecule has 0 aliphatic carbocycles. The molecule has 1 aliphatic heterocycles. The van der Waals surface area contributed by atoms with Crippen LogP contribution in [0.1, 0.15) is 17.0 Å². The highest BCUT2D eigenvalue weighted by Gasteiger charge is 2.33. The van der Waals surface area contributed by atoms with Crippen molar-refractivity contribution in [1.82, 2.24) is 4.90 Å². The SMILES string of the molecule is N[C@@H]1CN(Cc2ccccc2)C[C@H]1c1cc(F)c(F)cc1F. The van der Waals surface area contributed by atoms with E-state index in [0.717, 1.165) is 11.6 Å². The van der Waals surface area contributed by atoms with Gasteiger partial charge >= 0.3 is 0 Å². The predicted octanol–water partition coefficient (Wildman–Crippen LogP) is 3.03. The minimum atomic E-state index is -1.17. The number of rotatable bonds is 3. The van der Waals surface area contributed by atoms with Gasteiger partial charge in [-0.2, -0.15) is 0 Å². The molecule has 0 unspecified atom stereocenters. The summed E-state index contributed by atoms with van der Waals surface area (Å²) in [6.07, 6.45) is 0. The lowest BCUT2D eigenvalue weighted by Crippen LogP contribution is -2.29. The summed E-state index contributed by atoms with van der Waals surface area (Å²) in [4.78, 5) is 2.10. The Morgan fingerprint density at radius 2 is 1.64 bits per heavy atom. The first-order valence-electron chi connectivity index (χ1n) is 7.21. The first kappa shape index (κ1) is 15.1. The number of likely N-dealkylation sites (tertiary alicyclic amines) is 1. The van der Waals surface area contributed by atoms with Crippen molar-refractivity contribution in [1.29, 1.82) is 0 Å². The zero-order chi connectivity index (χ0) is 15.7. The van der Waals surface area contributed by atoms with Gasteiger partial charge in [-0.25, -0.2) is 13.2 Å². The van der Waals surface area contributed by atoms with E-state index in [-0.39, 0.29) is 17.5 Å². The fourth-order valence-corrected chi connectivity index (χ4v) is 3.04. The van der Waals surface area contributed by atoms with Crippen LogP contribution in [0.25, 0.3) is 0 Å². The second-order valence-electron chi connectivity index (χ2n) is 5.74. The van der Waals surface area contributed by atoms with Crippen LogP contribution in [0.4, 0.5) is 13.2 Å². The van der Waals surface area contributed by atoms with Gasteiger partial charge in [-0.1, -0.05) is 30.3 Å². The smallest absolute Gasteiger partial charge is 0.161 e. The summed E-state index contributed by atoms with van der Waals surface area (Å²) in [5, 5.41) is 0. The van der Waals surface area contributed by atoms with Gasteiger partial charge < -0.3 is 5.73 Å². The van der Waals surface area contributed by atoms with Crippen LogP contribution in [0.5, 0.6) is 0 Å². The van der Waals surface area contributed by atoms with Crippen molar-refractivity contribution < 1.29 is 13.2 Å². The molecule has 2 atom stereocenters. The minimum absolute atomic E-state index is 0.155. The van der Waals surface area contributed by atoms with Crippen LogP contribution < -0.4 is 5.73 Å². The van der Waals surface area contributed by atoms with Crippen LogP contribution in [-0.4, -0.2) is 24.0 Å². The molecule has 3 rings (SSSR count). The summed E-state index contributed by atoms with van der Waals surface area (Å²) < 4.78 is 40.4. The third-order valence-electron chi connectivity index (χ3n) is 4.13. The van der Waals surface area contributed by atoms with Crippen LogP contribution in [0, 0.1) is 17.5 Å². The van der Waals surface area contributed by atoms with Crippen LogP contribution >= 0.6 is 0 Å². The van der Waals surface area contributed by atoms with Gasteiger partial charge in [0.1, 0.15) is 5.82 Å². The van der Waals surface area contributed by atoms with Crippen molar-refractivity contribution in [3.63, 3.8) is 0 Å². The lowest BCUT2D eigenvalue weighted by Gasteiger charge is -2.17. The third-order valence-corrected chi connectivity index (χ3v) is 4.13. The fourth-order valence-electron chi connectivity index (χ4n) is 3.04. The lowest BCUT2D eigenvalue weighted by atomic mass is 9.94. The molecule has 1 heterocycles. The molecule has 0 amide bonds. The number of benzene rings is 2. The maximum Gasteiger partial charge on any atom is 0.161 e. The van der Waals surface area contributed by atoms with Gasteiger partial charge in [0.2, 0.25) is 0 Å². The molecule has 5 heteroatoms. The number of hydrogen-bond donors (Lipinski definition) is 1. The van der Waals surface area contributed by atoms with Gasteiger partial charge in [-0.15, -0.1) is 0 Å². The molecule has 1 fully saturated rings. The summed E-state index contributed by atoms with van der Waals surface area (Å²) >= 11 is 0. The van der Waals surface area contributed by atoms with E-state index in [2.05, 4.69) is 4.90 Å². The standard InChI is InChI=1S/C17H17F3N2/c18-14-7-16(20)15(19)6-12(14)13-9-22(10-17(13)21)8-11-4-2-1-3-5-11/h1-7,13,17H,8-10,21H2/t13-,17+/m0/s1. The Hall–Kier alpha value is -1.85. The molecule has 0 radical (unpaired) electrons. The molecule has 2 aromatic rings. The highest BCUT2D eigenvalue weighted by Crippen LogP contribution is 2.30. The topological polar surface area (TPSA) is 29.3 Å². The quantitative estimate of drug-likeness (QED) is 0.883. The Bertz CT molecular complexity index is 660. The molecule has 0 aromatic heterocycles. The average Bonchev–Trinajstić information content (AvgIpc) is 2.84. The summed E-state index contributed by atoms with van der Waals surface area (Å²) in [5.74, 6) is -3.28. The summed E-state index contributed by atoms with van der Waals surface area (Å²) in [6, 6.07) is 11.1. The number of halogens is 3. The minimum Gasteiger partial charge on any atom is -0.326 e. The average molecular weight is 306 g/mol. The van der Waals surface area contributed by atoms with E-state index in [1.807, 2.05) is 30.3 Å².